The van der Waals surface area contributed by atoms with E-state index in [1.54, 1.807) is 26.2 Å². The summed E-state index contributed by atoms with van der Waals surface area (Å²) in [4.78, 5) is 38.8. The fraction of sp³-hybridized carbons (Fsp3) is 0.348. The van der Waals surface area contributed by atoms with E-state index in [9.17, 15) is 14.4 Å². The van der Waals surface area contributed by atoms with Crippen molar-refractivity contribution in [2.45, 2.75) is 38.3 Å². The van der Waals surface area contributed by atoms with Crippen LogP contribution in [0.25, 0.3) is 0 Å². The van der Waals surface area contributed by atoms with Crippen LogP contribution in [0.15, 0.2) is 48.5 Å². The number of aryl methyl sites for hydroxylation is 1. The molecule has 31 heavy (non-hydrogen) atoms. The van der Waals surface area contributed by atoms with Gasteiger partial charge in [0.15, 0.2) is 0 Å². The molecule has 0 saturated carbocycles. The fourth-order valence-electron chi connectivity index (χ4n) is 3.51. The van der Waals surface area contributed by atoms with Gasteiger partial charge in [0.2, 0.25) is 5.91 Å². The van der Waals surface area contributed by atoms with Crippen molar-refractivity contribution in [3.63, 3.8) is 0 Å². The molecule has 8 heteroatoms. The Morgan fingerprint density at radius 3 is 2.42 bits per heavy atom. The molecule has 1 heterocycles. The molecule has 2 N–H and O–H groups in total. The van der Waals surface area contributed by atoms with Gasteiger partial charge in [0, 0.05) is 5.02 Å². The van der Waals surface area contributed by atoms with Crippen LogP contribution in [0.4, 0.5) is 4.79 Å². The average molecular weight is 444 g/mol. The quantitative estimate of drug-likeness (QED) is 0.611. The number of carbonyl (C=O) groups is 3. The maximum absolute atomic E-state index is 12.9. The molecule has 0 radical (unpaired) electrons. The first-order chi connectivity index (χ1) is 14.7. The molecule has 2 aromatic rings. The summed E-state index contributed by atoms with van der Waals surface area (Å²) in [6.45, 7) is 3.18. The maximum atomic E-state index is 12.9. The lowest BCUT2D eigenvalue weighted by atomic mass is 9.93. The molecule has 0 bridgehead atoms. The van der Waals surface area contributed by atoms with E-state index in [4.69, 9.17) is 16.3 Å². The Bertz CT molecular complexity index is 962. The normalized spacial score (nSPS) is 19.2. The predicted molar refractivity (Wildman–Crippen MR) is 118 cm³/mol. The van der Waals surface area contributed by atoms with Crippen molar-refractivity contribution in [3.8, 4) is 5.75 Å². The number of ether oxygens (including phenoxy) is 1. The second kappa shape index (κ2) is 9.39. The monoisotopic (exact) mass is 443 g/mol. The lowest BCUT2D eigenvalue weighted by molar-refractivity contribution is -0.134. The highest BCUT2D eigenvalue weighted by Gasteiger charge is 2.47. The molecule has 1 saturated heterocycles. The number of carbonyl (C=O) groups excluding carboxylic acids is 3. The molecule has 3 rings (SSSR count). The second-order valence-corrected chi connectivity index (χ2v) is 8.28. The molecule has 0 spiro atoms. The van der Waals surface area contributed by atoms with Gasteiger partial charge in [0.1, 0.15) is 17.8 Å². The van der Waals surface area contributed by atoms with Crippen molar-refractivity contribution in [1.82, 2.24) is 15.5 Å². The van der Waals surface area contributed by atoms with Gasteiger partial charge in [0.25, 0.3) is 5.91 Å². The van der Waals surface area contributed by atoms with Gasteiger partial charge in [-0.25, -0.2) is 4.79 Å². The number of amides is 4. The summed E-state index contributed by atoms with van der Waals surface area (Å²) in [5.41, 5.74) is 0.843. The zero-order chi connectivity index (χ0) is 22.6. The van der Waals surface area contributed by atoms with E-state index in [0.717, 1.165) is 21.8 Å². The first-order valence-corrected chi connectivity index (χ1v) is 10.4. The van der Waals surface area contributed by atoms with Crippen LogP contribution < -0.4 is 15.4 Å². The highest BCUT2D eigenvalue weighted by Crippen LogP contribution is 2.24. The number of urea groups is 1. The largest absolute Gasteiger partial charge is 0.497 e. The van der Waals surface area contributed by atoms with Crippen molar-refractivity contribution in [2.24, 2.45) is 0 Å². The van der Waals surface area contributed by atoms with Gasteiger partial charge in [0.05, 0.1) is 13.2 Å². The van der Waals surface area contributed by atoms with Crippen LogP contribution in [-0.4, -0.2) is 41.9 Å². The molecular weight excluding hydrogens is 418 g/mol. The third-order valence-electron chi connectivity index (χ3n) is 5.47. The number of halogens is 1. The van der Waals surface area contributed by atoms with E-state index in [1.807, 2.05) is 43.3 Å². The minimum Gasteiger partial charge on any atom is -0.497 e. The Kier molecular flexibility index (Phi) is 6.85. The van der Waals surface area contributed by atoms with Gasteiger partial charge >= 0.3 is 6.03 Å². The predicted octanol–water partition coefficient (Wildman–Crippen LogP) is 3.47. The molecule has 1 aliphatic heterocycles. The highest BCUT2D eigenvalue weighted by molar-refractivity contribution is 6.30. The minimum absolute atomic E-state index is 0.285. The van der Waals surface area contributed by atoms with E-state index in [1.165, 1.54) is 0 Å². The summed E-state index contributed by atoms with van der Waals surface area (Å²) in [6.07, 6.45) is 1.02. The first kappa shape index (κ1) is 22.6. The number of nitrogens with one attached hydrogen (secondary N) is 2. The lowest BCUT2D eigenvalue weighted by Gasteiger charge is -2.22. The summed E-state index contributed by atoms with van der Waals surface area (Å²) < 4.78 is 5.15. The number of benzene rings is 2. The van der Waals surface area contributed by atoms with Crippen molar-refractivity contribution in [1.29, 1.82) is 0 Å². The van der Waals surface area contributed by atoms with Gasteiger partial charge in [-0.2, -0.15) is 0 Å². The van der Waals surface area contributed by atoms with Crippen molar-refractivity contribution in [2.75, 3.05) is 13.7 Å². The van der Waals surface area contributed by atoms with Gasteiger partial charge in [-0.3, -0.25) is 14.5 Å². The number of nitrogens with zero attached hydrogens (tertiary/aromatic N) is 1. The topological polar surface area (TPSA) is 87.7 Å². The van der Waals surface area contributed by atoms with Crippen molar-refractivity contribution < 1.29 is 19.1 Å². The van der Waals surface area contributed by atoms with Gasteiger partial charge in [-0.1, -0.05) is 35.9 Å². The smallest absolute Gasteiger partial charge is 0.325 e. The number of imide groups is 1. The molecule has 1 aliphatic rings. The van der Waals surface area contributed by atoms with Crippen LogP contribution in [0, 0.1) is 0 Å². The molecule has 164 valence electrons. The van der Waals surface area contributed by atoms with Crippen LogP contribution in [0.2, 0.25) is 5.02 Å². The second-order valence-electron chi connectivity index (χ2n) is 7.84. The minimum atomic E-state index is -1.06. The summed E-state index contributed by atoms with van der Waals surface area (Å²) in [7, 11) is 1.60. The molecule has 0 aliphatic carbocycles. The molecule has 1 fully saturated rings. The van der Waals surface area contributed by atoms with Gasteiger partial charge in [-0.15, -0.1) is 0 Å². The maximum Gasteiger partial charge on any atom is 0.325 e. The Morgan fingerprint density at radius 1 is 1.16 bits per heavy atom. The van der Waals surface area contributed by atoms with Crippen molar-refractivity contribution >= 4 is 29.4 Å². The summed E-state index contributed by atoms with van der Waals surface area (Å²) >= 11 is 5.89. The summed E-state index contributed by atoms with van der Waals surface area (Å²) in [5, 5.41) is 6.16. The van der Waals surface area contributed by atoms with Crippen molar-refractivity contribution in [3.05, 3.63) is 64.7 Å². The first-order valence-electron chi connectivity index (χ1n) is 10.0. The SMILES string of the molecule is COc1ccc(CCC2(C)NC(=O)N(CC(=O)NC(C)c3ccc(Cl)cc3)C2=O)cc1. The molecule has 2 atom stereocenters. The molecule has 7 nitrogen and oxygen atoms in total. The molecule has 4 amide bonds. The van der Waals surface area contributed by atoms with Crippen LogP contribution >= 0.6 is 11.6 Å². The standard InChI is InChI=1S/C23H26ClN3O4/c1-15(17-6-8-18(24)9-7-17)25-20(28)14-27-21(29)23(2,26-22(27)30)13-12-16-4-10-19(31-3)11-5-16/h4-11,15H,12-14H2,1-3H3,(H,25,28)(H,26,30). The summed E-state index contributed by atoms with van der Waals surface area (Å²) in [6, 6.07) is 13.8. The van der Waals surface area contributed by atoms with Crippen LogP contribution in [0.5, 0.6) is 5.75 Å². The molecular formula is C23H26ClN3O4. The lowest BCUT2D eigenvalue weighted by Crippen LogP contribution is -2.45. The fourth-order valence-corrected chi connectivity index (χ4v) is 3.64. The third-order valence-corrected chi connectivity index (χ3v) is 5.72. The zero-order valence-electron chi connectivity index (χ0n) is 17.8. The Balaban J connectivity index is 1.58. The van der Waals surface area contributed by atoms with Crippen LogP contribution in [-0.2, 0) is 16.0 Å². The van der Waals surface area contributed by atoms with Gasteiger partial charge in [-0.05, 0) is 62.1 Å². The Morgan fingerprint density at radius 2 is 1.81 bits per heavy atom. The average Bonchev–Trinajstić information content (AvgIpc) is 2.96. The van der Waals surface area contributed by atoms with Gasteiger partial charge < -0.3 is 15.4 Å². The van der Waals surface area contributed by atoms with Crippen LogP contribution in [0.3, 0.4) is 0 Å². The zero-order valence-corrected chi connectivity index (χ0v) is 18.5. The van der Waals surface area contributed by atoms with E-state index in [2.05, 4.69) is 10.6 Å². The number of hydrogen-bond donors (Lipinski definition) is 2. The number of methoxy groups -OCH3 is 1. The highest BCUT2D eigenvalue weighted by atomic mass is 35.5. The molecule has 2 unspecified atom stereocenters. The molecule has 0 aromatic heterocycles. The number of rotatable bonds is 8. The van der Waals surface area contributed by atoms with E-state index < -0.39 is 23.4 Å². The van der Waals surface area contributed by atoms with E-state index in [0.29, 0.717) is 17.9 Å². The summed E-state index contributed by atoms with van der Waals surface area (Å²) in [5.74, 6) is -0.0594. The third kappa shape index (κ3) is 5.35. The molecule has 2 aromatic carbocycles. The Labute approximate surface area is 186 Å². The van der Waals surface area contributed by atoms with E-state index >= 15 is 0 Å². The van der Waals surface area contributed by atoms with Crippen LogP contribution in [0.1, 0.15) is 37.4 Å². The van der Waals surface area contributed by atoms with E-state index in [-0.39, 0.29) is 12.6 Å². The number of hydrogen-bond acceptors (Lipinski definition) is 4. The Hall–Kier alpha value is -3.06.